The van der Waals surface area contributed by atoms with E-state index in [0.29, 0.717) is 6.54 Å². The van der Waals surface area contributed by atoms with Crippen LogP contribution in [0.3, 0.4) is 0 Å². The van der Waals surface area contributed by atoms with Gasteiger partial charge in [0.25, 0.3) is 0 Å². The van der Waals surface area contributed by atoms with Gasteiger partial charge in [-0.05, 0) is 36.1 Å². The van der Waals surface area contributed by atoms with Crippen LogP contribution in [0.2, 0.25) is 0 Å². The molecular weight excluding hydrogens is 310 g/mol. The van der Waals surface area contributed by atoms with Gasteiger partial charge in [0.05, 0.1) is 12.6 Å². The van der Waals surface area contributed by atoms with Crippen LogP contribution in [0.5, 0.6) is 5.75 Å². The van der Waals surface area contributed by atoms with Gasteiger partial charge < -0.3 is 15.4 Å². The molecule has 1 atom stereocenters. The Hall–Kier alpha value is -2.15. The third-order valence-electron chi connectivity index (χ3n) is 2.96. The molecule has 2 rings (SSSR count). The first-order valence-electron chi connectivity index (χ1n) is 6.66. The van der Waals surface area contributed by atoms with Crippen LogP contribution in [0.1, 0.15) is 23.4 Å². The molecule has 1 aromatic carbocycles. The predicted octanol–water partition coefficient (Wildman–Crippen LogP) is 3.91. The first-order valence-corrected chi connectivity index (χ1v) is 7.54. The van der Waals surface area contributed by atoms with E-state index in [9.17, 15) is 13.6 Å². The summed E-state index contributed by atoms with van der Waals surface area (Å²) < 4.78 is 28.4. The molecule has 0 aliphatic rings. The topological polar surface area (TPSA) is 50.4 Å². The van der Waals surface area contributed by atoms with Gasteiger partial charge in [-0.25, -0.2) is 4.79 Å². The van der Waals surface area contributed by atoms with Crippen molar-refractivity contribution < 1.29 is 18.3 Å². The van der Waals surface area contributed by atoms with Crippen molar-refractivity contribution in [3.05, 3.63) is 52.2 Å². The lowest BCUT2D eigenvalue weighted by atomic mass is 10.1. The average molecular weight is 326 g/mol. The van der Waals surface area contributed by atoms with Crippen molar-refractivity contribution in [3.63, 3.8) is 0 Å². The van der Waals surface area contributed by atoms with E-state index in [4.69, 9.17) is 0 Å². The summed E-state index contributed by atoms with van der Waals surface area (Å²) in [4.78, 5) is 12.9. The molecule has 4 nitrogen and oxygen atoms in total. The van der Waals surface area contributed by atoms with Gasteiger partial charge in [-0.2, -0.15) is 8.78 Å². The molecule has 0 radical (unpaired) electrons. The van der Waals surface area contributed by atoms with Crippen molar-refractivity contribution in [1.82, 2.24) is 10.6 Å². The van der Waals surface area contributed by atoms with Gasteiger partial charge in [-0.1, -0.05) is 18.2 Å². The first kappa shape index (κ1) is 16.2. The number of alkyl halides is 2. The summed E-state index contributed by atoms with van der Waals surface area (Å²) >= 11 is 1.57. The summed E-state index contributed by atoms with van der Waals surface area (Å²) in [6, 6.07) is 9.51. The fraction of sp³-hybridized carbons (Fsp3) is 0.267. The van der Waals surface area contributed by atoms with E-state index in [1.165, 1.54) is 12.1 Å². The van der Waals surface area contributed by atoms with Crippen molar-refractivity contribution >= 4 is 17.4 Å². The lowest BCUT2D eigenvalue weighted by molar-refractivity contribution is -0.0498. The predicted molar refractivity (Wildman–Crippen MR) is 81.2 cm³/mol. The van der Waals surface area contributed by atoms with Gasteiger partial charge in [0.1, 0.15) is 5.75 Å². The Morgan fingerprint density at radius 3 is 2.59 bits per heavy atom. The number of ether oxygens (including phenoxy) is 1. The summed E-state index contributed by atoms with van der Waals surface area (Å²) in [5.41, 5.74) is 0.799. The number of carbonyl (C=O) groups excluding carboxylic acids is 1. The minimum Gasteiger partial charge on any atom is -0.435 e. The fourth-order valence-electron chi connectivity index (χ4n) is 1.85. The van der Waals surface area contributed by atoms with Crippen molar-refractivity contribution in [2.75, 3.05) is 0 Å². The third-order valence-corrected chi connectivity index (χ3v) is 3.83. The molecule has 1 unspecified atom stereocenters. The Balaban J connectivity index is 1.83. The molecule has 22 heavy (non-hydrogen) atoms. The zero-order chi connectivity index (χ0) is 15.9. The van der Waals surface area contributed by atoms with Crippen LogP contribution in [0, 0.1) is 0 Å². The molecule has 1 heterocycles. The van der Waals surface area contributed by atoms with Crippen LogP contribution >= 0.6 is 11.3 Å². The molecule has 118 valence electrons. The van der Waals surface area contributed by atoms with Crippen LogP contribution in [-0.4, -0.2) is 12.6 Å². The average Bonchev–Trinajstić information content (AvgIpc) is 2.98. The highest BCUT2D eigenvalue weighted by molar-refractivity contribution is 7.09. The minimum absolute atomic E-state index is 0.0908. The molecule has 7 heteroatoms. The lowest BCUT2D eigenvalue weighted by Crippen LogP contribution is -2.36. The van der Waals surface area contributed by atoms with Crippen LogP contribution in [-0.2, 0) is 6.54 Å². The zero-order valence-electron chi connectivity index (χ0n) is 11.9. The number of amides is 2. The SMILES string of the molecule is CC(NC(=O)NCc1cccs1)c1ccc(OC(F)F)cc1. The van der Waals surface area contributed by atoms with Crippen molar-refractivity contribution in [1.29, 1.82) is 0 Å². The smallest absolute Gasteiger partial charge is 0.387 e. The summed E-state index contributed by atoms with van der Waals surface area (Å²) in [6.45, 7) is -0.560. The number of urea groups is 1. The molecule has 0 fully saturated rings. The van der Waals surface area contributed by atoms with E-state index in [2.05, 4.69) is 15.4 Å². The van der Waals surface area contributed by atoms with E-state index in [0.717, 1.165) is 10.4 Å². The number of nitrogens with one attached hydrogen (secondary N) is 2. The van der Waals surface area contributed by atoms with E-state index in [-0.39, 0.29) is 17.8 Å². The fourth-order valence-corrected chi connectivity index (χ4v) is 2.49. The maximum Gasteiger partial charge on any atom is 0.387 e. The Morgan fingerprint density at radius 2 is 2.00 bits per heavy atom. The van der Waals surface area contributed by atoms with Gasteiger partial charge in [0.2, 0.25) is 0 Å². The molecule has 0 spiro atoms. The van der Waals surface area contributed by atoms with Crippen LogP contribution in [0.4, 0.5) is 13.6 Å². The molecule has 0 aliphatic heterocycles. The zero-order valence-corrected chi connectivity index (χ0v) is 12.7. The molecule has 2 aromatic rings. The molecule has 2 N–H and O–H groups in total. The minimum atomic E-state index is -2.84. The Bertz CT molecular complexity index is 588. The van der Waals surface area contributed by atoms with E-state index < -0.39 is 6.61 Å². The number of rotatable bonds is 6. The van der Waals surface area contributed by atoms with E-state index >= 15 is 0 Å². The Morgan fingerprint density at radius 1 is 1.27 bits per heavy atom. The summed E-state index contributed by atoms with van der Waals surface area (Å²) in [6.07, 6.45) is 0. The highest BCUT2D eigenvalue weighted by Gasteiger charge is 2.10. The van der Waals surface area contributed by atoms with Crippen molar-refractivity contribution in [2.24, 2.45) is 0 Å². The monoisotopic (exact) mass is 326 g/mol. The number of thiophene rings is 1. The largest absolute Gasteiger partial charge is 0.435 e. The third kappa shape index (κ3) is 5.00. The highest BCUT2D eigenvalue weighted by atomic mass is 32.1. The molecule has 1 aromatic heterocycles. The second-order valence-corrected chi connectivity index (χ2v) is 5.61. The maximum atomic E-state index is 12.1. The Labute approximate surface area is 131 Å². The van der Waals surface area contributed by atoms with Crippen LogP contribution in [0.15, 0.2) is 41.8 Å². The van der Waals surface area contributed by atoms with E-state index in [1.54, 1.807) is 23.5 Å². The number of benzene rings is 1. The maximum absolute atomic E-state index is 12.1. The molecule has 0 saturated heterocycles. The summed E-state index contributed by atoms with van der Waals surface area (Å²) in [5, 5.41) is 7.49. The second kappa shape index (κ2) is 7.74. The number of carbonyl (C=O) groups is 1. The van der Waals surface area contributed by atoms with Gasteiger partial charge >= 0.3 is 12.6 Å². The van der Waals surface area contributed by atoms with Crippen molar-refractivity contribution in [3.8, 4) is 5.75 Å². The van der Waals surface area contributed by atoms with Gasteiger partial charge in [0, 0.05) is 4.88 Å². The summed E-state index contributed by atoms with van der Waals surface area (Å²) in [7, 11) is 0. The number of hydrogen-bond acceptors (Lipinski definition) is 3. The molecule has 2 amide bonds. The summed E-state index contributed by atoms with van der Waals surface area (Å²) in [5.74, 6) is 0.0908. The van der Waals surface area contributed by atoms with Crippen LogP contribution in [0.25, 0.3) is 0 Å². The quantitative estimate of drug-likeness (QED) is 0.845. The molecule has 0 aliphatic carbocycles. The molecule has 0 bridgehead atoms. The van der Waals surface area contributed by atoms with E-state index in [1.807, 2.05) is 24.4 Å². The van der Waals surface area contributed by atoms with Crippen molar-refractivity contribution in [2.45, 2.75) is 26.1 Å². The second-order valence-electron chi connectivity index (χ2n) is 4.58. The normalized spacial score (nSPS) is 12.0. The molecular formula is C15H16F2N2O2S. The van der Waals surface area contributed by atoms with Gasteiger partial charge in [-0.3, -0.25) is 0 Å². The van der Waals surface area contributed by atoms with Gasteiger partial charge in [0.15, 0.2) is 0 Å². The van der Waals surface area contributed by atoms with Gasteiger partial charge in [-0.15, -0.1) is 11.3 Å². The van der Waals surface area contributed by atoms with Crippen LogP contribution < -0.4 is 15.4 Å². The standard InChI is InChI=1S/C15H16F2N2O2S/c1-10(11-4-6-12(7-5-11)21-14(16)17)19-15(20)18-9-13-3-2-8-22-13/h2-8,10,14H,9H2,1H3,(H2,18,19,20). The first-order chi connectivity index (χ1) is 10.5. The lowest BCUT2D eigenvalue weighted by Gasteiger charge is -2.15. The Kier molecular flexibility index (Phi) is 5.71. The number of halogens is 2. The molecule has 0 saturated carbocycles. The number of hydrogen-bond donors (Lipinski definition) is 2. The highest BCUT2D eigenvalue weighted by Crippen LogP contribution is 2.19.